The van der Waals surface area contributed by atoms with Crippen LogP contribution in [0, 0.1) is 0 Å². The number of amides is 2. The number of benzene rings is 3. The molecule has 0 saturated heterocycles. The summed E-state index contributed by atoms with van der Waals surface area (Å²) >= 11 is 0. The van der Waals surface area contributed by atoms with Gasteiger partial charge in [-0.05, 0) is 59.2 Å². The second-order valence-corrected chi connectivity index (χ2v) is 7.62. The highest BCUT2D eigenvalue weighted by atomic mass is 16.5. The molecule has 182 valence electrons. The fourth-order valence-electron chi connectivity index (χ4n) is 3.39. The first-order valence-corrected chi connectivity index (χ1v) is 10.6. The highest BCUT2D eigenvalue weighted by Crippen LogP contribution is 2.27. The zero-order chi connectivity index (χ0) is 25.4. The molecule has 0 aliphatic carbocycles. The largest absolute Gasteiger partial charge is 0.508 e. The van der Waals surface area contributed by atoms with Crippen molar-refractivity contribution in [2.45, 2.75) is 12.5 Å². The van der Waals surface area contributed by atoms with E-state index in [-0.39, 0.29) is 23.5 Å². The summed E-state index contributed by atoms with van der Waals surface area (Å²) in [7, 11) is 3.02. The third-order valence-electron chi connectivity index (χ3n) is 5.22. The van der Waals surface area contributed by atoms with Gasteiger partial charge in [0.15, 0.2) is 0 Å². The Morgan fingerprint density at radius 3 is 1.94 bits per heavy atom. The topological polar surface area (TPSA) is 137 Å². The lowest BCUT2D eigenvalue weighted by molar-refractivity contribution is -0.133. The number of carbonyl (C=O) groups is 2. The van der Waals surface area contributed by atoms with Crippen LogP contribution >= 0.6 is 0 Å². The maximum atomic E-state index is 13.4. The van der Waals surface area contributed by atoms with E-state index >= 15 is 0 Å². The molecular formula is C26H26N2O7. The maximum Gasteiger partial charge on any atom is 0.266 e. The number of nitrogens with one attached hydrogen (secondary N) is 2. The second kappa shape index (κ2) is 11.6. The number of phenolic OH excluding ortho intramolecular Hbond substituents is 2. The van der Waals surface area contributed by atoms with Gasteiger partial charge in [0.05, 0.1) is 14.2 Å². The monoisotopic (exact) mass is 478 g/mol. The number of rotatable bonds is 9. The summed E-state index contributed by atoms with van der Waals surface area (Å²) in [5.74, 6) is -0.269. The van der Waals surface area contributed by atoms with Crippen LogP contribution in [0.15, 0.2) is 66.7 Å². The standard InChI is InChI=1S/C26H26N2O7/c1-34-21-11-17(12-22(15-21)35-2)13-23(18-5-9-20(30)10-6-18)25(31)27-24(26(32)28-33)14-16-3-7-19(29)8-4-16/h3-13,15,24,29-30,33H,14H2,1-2H3,(H,27,31)(H,28,32). The van der Waals surface area contributed by atoms with Crippen molar-refractivity contribution in [1.82, 2.24) is 10.8 Å². The lowest BCUT2D eigenvalue weighted by Crippen LogP contribution is -2.47. The Hall–Kier alpha value is -4.50. The first kappa shape index (κ1) is 25.1. The van der Waals surface area contributed by atoms with Crippen LogP contribution in [0.1, 0.15) is 16.7 Å². The van der Waals surface area contributed by atoms with Gasteiger partial charge in [-0.2, -0.15) is 0 Å². The molecule has 1 atom stereocenters. The molecule has 5 N–H and O–H groups in total. The third-order valence-corrected chi connectivity index (χ3v) is 5.22. The molecular weight excluding hydrogens is 452 g/mol. The molecule has 0 aromatic heterocycles. The predicted octanol–water partition coefficient (Wildman–Crippen LogP) is 2.89. The van der Waals surface area contributed by atoms with E-state index in [9.17, 15) is 25.0 Å². The van der Waals surface area contributed by atoms with E-state index in [2.05, 4.69) is 5.32 Å². The Morgan fingerprint density at radius 1 is 0.886 bits per heavy atom. The molecule has 0 radical (unpaired) electrons. The summed E-state index contributed by atoms with van der Waals surface area (Å²) in [6.07, 6.45) is 1.66. The molecule has 3 rings (SSSR count). The normalized spacial score (nSPS) is 11.9. The molecule has 9 heteroatoms. The summed E-state index contributed by atoms with van der Waals surface area (Å²) in [6.45, 7) is 0. The van der Waals surface area contributed by atoms with Gasteiger partial charge in [0, 0.05) is 18.1 Å². The second-order valence-electron chi connectivity index (χ2n) is 7.62. The molecule has 0 aliphatic heterocycles. The van der Waals surface area contributed by atoms with Gasteiger partial charge in [-0.3, -0.25) is 14.8 Å². The molecule has 0 bridgehead atoms. The molecule has 3 aromatic rings. The van der Waals surface area contributed by atoms with Crippen LogP contribution in [0.5, 0.6) is 23.0 Å². The molecule has 0 saturated carbocycles. The number of hydrogen-bond acceptors (Lipinski definition) is 7. The molecule has 0 fully saturated rings. The van der Waals surface area contributed by atoms with E-state index in [1.54, 1.807) is 54.0 Å². The van der Waals surface area contributed by atoms with E-state index in [4.69, 9.17) is 9.47 Å². The van der Waals surface area contributed by atoms with Gasteiger partial charge in [0.1, 0.15) is 29.0 Å². The van der Waals surface area contributed by atoms with Crippen LogP contribution in [0.3, 0.4) is 0 Å². The minimum Gasteiger partial charge on any atom is -0.508 e. The van der Waals surface area contributed by atoms with Gasteiger partial charge < -0.3 is 25.0 Å². The van der Waals surface area contributed by atoms with Crippen molar-refractivity contribution in [2.24, 2.45) is 0 Å². The van der Waals surface area contributed by atoms with Gasteiger partial charge >= 0.3 is 0 Å². The molecule has 3 aromatic carbocycles. The summed E-state index contributed by atoms with van der Waals surface area (Å²) < 4.78 is 10.6. The number of methoxy groups -OCH3 is 2. The van der Waals surface area contributed by atoms with Crippen LogP contribution < -0.4 is 20.3 Å². The van der Waals surface area contributed by atoms with Crippen molar-refractivity contribution < 1.29 is 34.5 Å². The van der Waals surface area contributed by atoms with Crippen molar-refractivity contribution in [3.63, 3.8) is 0 Å². The fraction of sp³-hybridized carbons (Fsp3) is 0.154. The van der Waals surface area contributed by atoms with Crippen molar-refractivity contribution in [3.05, 3.63) is 83.4 Å². The fourth-order valence-corrected chi connectivity index (χ4v) is 3.39. The van der Waals surface area contributed by atoms with Crippen molar-refractivity contribution >= 4 is 23.5 Å². The van der Waals surface area contributed by atoms with E-state index in [1.165, 1.54) is 38.5 Å². The predicted molar refractivity (Wildman–Crippen MR) is 129 cm³/mol. The Morgan fingerprint density at radius 2 is 1.43 bits per heavy atom. The molecule has 9 nitrogen and oxygen atoms in total. The Balaban J connectivity index is 1.99. The lowest BCUT2D eigenvalue weighted by atomic mass is 10.00. The van der Waals surface area contributed by atoms with Gasteiger partial charge in [-0.1, -0.05) is 24.3 Å². The maximum absolute atomic E-state index is 13.4. The minimum atomic E-state index is -1.11. The van der Waals surface area contributed by atoms with Crippen LogP contribution in [0.25, 0.3) is 11.6 Å². The zero-order valence-corrected chi connectivity index (χ0v) is 19.2. The average molecular weight is 479 g/mol. The van der Waals surface area contributed by atoms with Crippen molar-refractivity contribution in [1.29, 1.82) is 0 Å². The van der Waals surface area contributed by atoms with Crippen molar-refractivity contribution in [2.75, 3.05) is 14.2 Å². The van der Waals surface area contributed by atoms with Gasteiger partial charge in [-0.15, -0.1) is 0 Å². The lowest BCUT2D eigenvalue weighted by Gasteiger charge is -2.18. The SMILES string of the molecule is COc1cc(C=C(C(=O)NC(Cc2ccc(O)cc2)C(=O)NO)c2ccc(O)cc2)cc(OC)c1. The minimum absolute atomic E-state index is 0.0291. The number of aromatic hydroxyl groups is 2. The van der Waals surface area contributed by atoms with Crippen LogP contribution in [0.2, 0.25) is 0 Å². The smallest absolute Gasteiger partial charge is 0.266 e. The highest BCUT2D eigenvalue weighted by Gasteiger charge is 2.23. The van der Waals surface area contributed by atoms with E-state index in [0.717, 1.165) is 0 Å². The molecule has 35 heavy (non-hydrogen) atoms. The number of hydrogen-bond donors (Lipinski definition) is 5. The first-order chi connectivity index (χ1) is 16.8. The number of hydroxylamine groups is 1. The quantitative estimate of drug-likeness (QED) is 0.138. The van der Waals surface area contributed by atoms with Crippen LogP contribution in [-0.4, -0.2) is 47.5 Å². The van der Waals surface area contributed by atoms with Gasteiger partial charge in [0.25, 0.3) is 11.8 Å². The molecule has 1 unspecified atom stereocenters. The van der Waals surface area contributed by atoms with Crippen LogP contribution in [-0.2, 0) is 16.0 Å². The Kier molecular flexibility index (Phi) is 8.31. The average Bonchev–Trinajstić information content (AvgIpc) is 2.87. The van der Waals surface area contributed by atoms with Crippen molar-refractivity contribution in [3.8, 4) is 23.0 Å². The van der Waals surface area contributed by atoms with Gasteiger partial charge in [-0.25, -0.2) is 5.48 Å². The van der Waals surface area contributed by atoms with E-state index in [0.29, 0.717) is 28.2 Å². The summed E-state index contributed by atoms with van der Waals surface area (Å²) in [6, 6.07) is 16.2. The Labute approximate surface area is 202 Å². The summed E-state index contributed by atoms with van der Waals surface area (Å²) in [5, 5.41) is 31.0. The van der Waals surface area contributed by atoms with E-state index < -0.39 is 17.9 Å². The number of phenols is 2. The van der Waals surface area contributed by atoms with Crippen LogP contribution in [0.4, 0.5) is 0 Å². The molecule has 0 aliphatic rings. The number of carbonyl (C=O) groups excluding carboxylic acids is 2. The molecule has 0 heterocycles. The third kappa shape index (κ3) is 6.75. The van der Waals surface area contributed by atoms with Gasteiger partial charge in [0.2, 0.25) is 0 Å². The van der Waals surface area contributed by atoms with E-state index in [1.807, 2.05) is 0 Å². The molecule has 2 amide bonds. The zero-order valence-electron chi connectivity index (χ0n) is 19.2. The highest BCUT2D eigenvalue weighted by molar-refractivity contribution is 6.24. The Bertz CT molecular complexity index is 1180. The summed E-state index contributed by atoms with van der Waals surface area (Å²) in [5.41, 5.74) is 3.51. The molecule has 0 spiro atoms. The first-order valence-electron chi connectivity index (χ1n) is 10.6. The number of ether oxygens (including phenoxy) is 2. The summed E-state index contributed by atoms with van der Waals surface area (Å²) in [4.78, 5) is 25.7.